The van der Waals surface area contributed by atoms with Crippen molar-refractivity contribution in [3.63, 3.8) is 0 Å². The second-order valence-corrected chi connectivity index (χ2v) is 7.64. The van der Waals surface area contributed by atoms with Crippen LogP contribution >= 0.6 is 0 Å². The maximum atomic E-state index is 12.6. The zero-order valence-electron chi connectivity index (χ0n) is 11.8. The van der Waals surface area contributed by atoms with Crippen LogP contribution in [0.3, 0.4) is 0 Å². The van der Waals surface area contributed by atoms with Gasteiger partial charge < -0.3 is 5.11 Å². The number of hydrogen-bond donors (Lipinski definition) is 1. The van der Waals surface area contributed by atoms with Gasteiger partial charge in [0.1, 0.15) is 0 Å². The van der Waals surface area contributed by atoms with Gasteiger partial charge in [0.05, 0.1) is 5.92 Å². The minimum atomic E-state index is -3.49. The standard InChI is InChI=1S/C13H24N2O4S/c16-13(17)12-7-6-10-15(11-12)20(18,19)14-8-4-2-1-3-5-9-14/h12H,1-11H2,(H,16,17). The first-order valence-corrected chi connectivity index (χ1v) is 8.89. The Bertz CT molecular complexity index is 430. The molecule has 0 spiro atoms. The lowest BCUT2D eigenvalue weighted by atomic mass is 10.0. The number of aliphatic carboxylic acids is 1. The number of rotatable bonds is 3. The fourth-order valence-electron chi connectivity index (χ4n) is 2.97. The summed E-state index contributed by atoms with van der Waals surface area (Å²) in [5.41, 5.74) is 0. The van der Waals surface area contributed by atoms with Crippen LogP contribution in [0.4, 0.5) is 0 Å². The lowest BCUT2D eigenvalue weighted by Crippen LogP contribution is -2.49. The van der Waals surface area contributed by atoms with Gasteiger partial charge in [-0.3, -0.25) is 4.79 Å². The zero-order chi connectivity index (χ0) is 14.6. The van der Waals surface area contributed by atoms with Crippen molar-refractivity contribution < 1.29 is 18.3 Å². The third-order valence-corrected chi connectivity index (χ3v) is 6.20. The van der Waals surface area contributed by atoms with Gasteiger partial charge in [0.15, 0.2) is 0 Å². The molecule has 20 heavy (non-hydrogen) atoms. The fraction of sp³-hybridized carbons (Fsp3) is 0.923. The molecule has 0 radical (unpaired) electrons. The molecule has 1 unspecified atom stereocenters. The molecule has 2 heterocycles. The van der Waals surface area contributed by atoms with E-state index < -0.39 is 22.1 Å². The lowest BCUT2D eigenvalue weighted by molar-refractivity contribution is -0.142. The smallest absolute Gasteiger partial charge is 0.307 e. The largest absolute Gasteiger partial charge is 0.481 e. The SMILES string of the molecule is O=C(O)C1CCCN(S(=O)(=O)N2CCCCCCC2)C1. The van der Waals surface area contributed by atoms with E-state index in [1.165, 1.54) is 10.7 Å². The minimum Gasteiger partial charge on any atom is -0.481 e. The molecule has 2 rings (SSSR count). The van der Waals surface area contributed by atoms with E-state index in [2.05, 4.69) is 0 Å². The molecule has 2 fully saturated rings. The Kier molecular flexibility index (Phi) is 5.40. The molecular weight excluding hydrogens is 280 g/mol. The van der Waals surface area contributed by atoms with Crippen LogP contribution in [0.1, 0.15) is 44.9 Å². The van der Waals surface area contributed by atoms with Crippen LogP contribution in [0.2, 0.25) is 0 Å². The van der Waals surface area contributed by atoms with Crippen molar-refractivity contribution in [3.05, 3.63) is 0 Å². The molecule has 1 atom stereocenters. The van der Waals surface area contributed by atoms with Crippen LogP contribution < -0.4 is 0 Å². The molecule has 2 aliphatic rings. The molecule has 7 heteroatoms. The van der Waals surface area contributed by atoms with Gasteiger partial charge in [-0.2, -0.15) is 17.0 Å². The van der Waals surface area contributed by atoms with E-state index >= 15 is 0 Å². The first-order chi connectivity index (χ1) is 9.51. The predicted octanol–water partition coefficient (Wildman–Crippen LogP) is 1.29. The number of nitrogens with zero attached hydrogens (tertiary/aromatic N) is 2. The Labute approximate surface area is 120 Å². The number of piperidine rings is 1. The molecule has 1 N–H and O–H groups in total. The molecule has 0 aromatic rings. The topological polar surface area (TPSA) is 77.9 Å². The summed E-state index contributed by atoms with van der Waals surface area (Å²) >= 11 is 0. The van der Waals surface area contributed by atoms with Gasteiger partial charge >= 0.3 is 5.97 Å². The van der Waals surface area contributed by atoms with Crippen LogP contribution in [0.5, 0.6) is 0 Å². The summed E-state index contributed by atoms with van der Waals surface area (Å²) in [7, 11) is -3.49. The molecule has 0 saturated carbocycles. The highest BCUT2D eigenvalue weighted by molar-refractivity contribution is 7.86. The Hall–Kier alpha value is -0.660. The van der Waals surface area contributed by atoms with E-state index in [4.69, 9.17) is 5.11 Å². The Morgan fingerprint density at radius 2 is 1.45 bits per heavy atom. The van der Waals surface area contributed by atoms with Gasteiger partial charge in [-0.1, -0.05) is 19.3 Å². The van der Waals surface area contributed by atoms with E-state index in [0.717, 1.165) is 25.7 Å². The summed E-state index contributed by atoms with van der Waals surface area (Å²) in [6.07, 6.45) is 6.32. The molecule has 2 saturated heterocycles. The van der Waals surface area contributed by atoms with E-state index in [0.29, 0.717) is 32.5 Å². The molecule has 116 valence electrons. The van der Waals surface area contributed by atoms with Gasteiger partial charge in [0.25, 0.3) is 10.2 Å². The molecule has 0 bridgehead atoms. The monoisotopic (exact) mass is 304 g/mol. The summed E-state index contributed by atoms with van der Waals surface area (Å²) in [6.45, 7) is 1.70. The van der Waals surface area contributed by atoms with E-state index in [1.807, 2.05) is 0 Å². The molecular formula is C13H24N2O4S. The van der Waals surface area contributed by atoms with Crippen molar-refractivity contribution in [1.82, 2.24) is 8.61 Å². The van der Waals surface area contributed by atoms with Crippen molar-refractivity contribution in [2.45, 2.75) is 44.9 Å². The maximum Gasteiger partial charge on any atom is 0.307 e. The van der Waals surface area contributed by atoms with Crippen LogP contribution in [-0.4, -0.2) is 54.3 Å². The van der Waals surface area contributed by atoms with Crippen LogP contribution in [-0.2, 0) is 15.0 Å². The number of hydrogen-bond acceptors (Lipinski definition) is 3. The zero-order valence-corrected chi connectivity index (χ0v) is 12.6. The fourth-order valence-corrected chi connectivity index (χ4v) is 4.74. The van der Waals surface area contributed by atoms with Crippen molar-refractivity contribution >= 4 is 16.2 Å². The number of carboxylic acids is 1. The van der Waals surface area contributed by atoms with Gasteiger partial charge in [0.2, 0.25) is 0 Å². The predicted molar refractivity (Wildman–Crippen MR) is 75.5 cm³/mol. The Morgan fingerprint density at radius 3 is 2.05 bits per heavy atom. The third kappa shape index (κ3) is 3.71. The maximum absolute atomic E-state index is 12.6. The van der Waals surface area contributed by atoms with Crippen LogP contribution in [0, 0.1) is 5.92 Å². The Morgan fingerprint density at radius 1 is 0.900 bits per heavy atom. The van der Waals surface area contributed by atoms with Crippen LogP contribution in [0.15, 0.2) is 0 Å². The first-order valence-electron chi connectivity index (χ1n) is 7.50. The van der Waals surface area contributed by atoms with Crippen LogP contribution in [0.25, 0.3) is 0 Å². The molecule has 2 aliphatic heterocycles. The highest BCUT2D eigenvalue weighted by Gasteiger charge is 2.35. The van der Waals surface area contributed by atoms with Crippen molar-refractivity contribution in [3.8, 4) is 0 Å². The normalized spacial score (nSPS) is 27.7. The summed E-state index contributed by atoms with van der Waals surface area (Å²) in [5, 5.41) is 9.08. The Balaban J connectivity index is 2.05. The number of carboxylic acid groups (broad SMARTS) is 1. The number of carbonyl (C=O) groups is 1. The van der Waals surface area contributed by atoms with E-state index in [-0.39, 0.29) is 6.54 Å². The molecule has 0 aromatic heterocycles. The molecule has 6 nitrogen and oxygen atoms in total. The summed E-state index contributed by atoms with van der Waals surface area (Å²) in [5.74, 6) is -1.45. The average molecular weight is 304 g/mol. The quantitative estimate of drug-likeness (QED) is 0.852. The highest BCUT2D eigenvalue weighted by atomic mass is 32.2. The van der Waals surface area contributed by atoms with Gasteiger partial charge in [-0.25, -0.2) is 0 Å². The average Bonchev–Trinajstić information content (AvgIpc) is 2.38. The highest BCUT2D eigenvalue weighted by Crippen LogP contribution is 2.23. The summed E-state index contributed by atoms with van der Waals surface area (Å²) in [4.78, 5) is 11.1. The second-order valence-electron chi connectivity index (χ2n) is 5.71. The lowest BCUT2D eigenvalue weighted by Gasteiger charge is -2.34. The summed E-state index contributed by atoms with van der Waals surface area (Å²) < 4.78 is 28.2. The van der Waals surface area contributed by atoms with Crippen molar-refractivity contribution in [2.75, 3.05) is 26.2 Å². The molecule has 0 aromatic carbocycles. The van der Waals surface area contributed by atoms with E-state index in [1.54, 1.807) is 4.31 Å². The van der Waals surface area contributed by atoms with Gasteiger partial charge in [-0.15, -0.1) is 0 Å². The third-order valence-electron chi connectivity index (χ3n) is 4.20. The minimum absolute atomic E-state index is 0.119. The van der Waals surface area contributed by atoms with Gasteiger partial charge in [-0.05, 0) is 25.7 Å². The van der Waals surface area contributed by atoms with Crippen molar-refractivity contribution in [2.24, 2.45) is 5.92 Å². The first kappa shape index (κ1) is 15.7. The molecule has 0 aliphatic carbocycles. The van der Waals surface area contributed by atoms with Crippen molar-refractivity contribution in [1.29, 1.82) is 0 Å². The van der Waals surface area contributed by atoms with E-state index in [9.17, 15) is 13.2 Å². The summed E-state index contributed by atoms with van der Waals surface area (Å²) in [6, 6.07) is 0. The van der Waals surface area contributed by atoms with Gasteiger partial charge in [0, 0.05) is 26.2 Å². The second kappa shape index (κ2) is 6.87. The molecule has 0 amide bonds.